The van der Waals surface area contributed by atoms with Crippen molar-refractivity contribution in [2.24, 2.45) is 0 Å². The maximum Gasteiger partial charge on any atom is 0.270 e. The number of nitrogens with two attached hydrogens (primary N) is 1. The Balaban J connectivity index is 2.01. The van der Waals surface area contributed by atoms with E-state index >= 15 is 0 Å². The van der Waals surface area contributed by atoms with Crippen molar-refractivity contribution >= 4 is 17.0 Å². The highest BCUT2D eigenvalue weighted by molar-refractivity contribution is 7.14. The second-order valence-electron chi connectivity index (χ2n) is 4.09. The Hall–Kier alpha value is -2.21. The zero-order chi connectivity index (χ0) is 13.4. The maximum absolute atomic E-state index is 13.5. The summed E-state index contributed by atoms with van der Waals surface area (Å²) in [5, 5.41) is 5.70. The predicted octanol–water partition coefficient (Wildman–Crippen LogP) is 3.49. The molecule has 2 N–H and O–H groups in total. The number of aryl methyl sites for hydroxylation is 1. The summed E-state index contributed by atoms with van der Waals surface area (Å²) in [7, 11) is 0. The summed E-state index contributed by atoms with van der Waals surface area (Å²) >= 11 is 1.42. The van der Waals surface area contributed by atoms with Crippen molar-refractivity contribution in [1.82, 2.24) is 10.1 Å². The Morgan fingerprint density at radius 3 is 2.84 bits per heavy atom. The van der Waals surface area contributed by atoms with Crippen LogP contribution in [-0.4, -0.2) is 10.1 Å². The van der Waals surface area contributed by atoms with Crippen molar-refractivity contribution in [3.8, 4) is 22.2 Å². The molecule has 19 heavy (non-hydrogen) atoms. The lowest BCUT2D eigenvalue weighted by molar-refractivity contribution is 0.433. The minimum atomic E-state index is -0.292. The number of halogens is 1. The average Bonchev–Trinajstić information content (AvgIpc) is 3.01. The minimum absolute atomic E-state index is 0.292. The molecule has 0 aliphatic heterocycles. The van der Waals surface area contributed by atoms with Crippen LogP contribution in [0.1, 0.15) is 5.56 Å². The second kappa shape index (κ2) is 4.47. The number of benzene rings is 1. The molecular formula is C13H10FN3OS. The topological polar surface area (TPSA) is 64.9 Å². The molecule has 0 saturated carbocycles. The second-order valence-corrected chi connectivity index (χ2v) is 5.01. The van der Waals surface area contributed by atoms with Crippen LogP contribution in [0, 0.1) is 12.7 Å². The maximum atomic E-state index is 13.5. The number of hydrogen-bond donors (Lipinski definition) is 1. The Bertz CT molecular complexity index is 735. The Morgan fingerprint density at radius 2 is 2.16 bits per heavy atom. The van der Waals surface area contributed by atoms with Gasteiger partial charge in [-0.15, -0.1) is 11.3 Å². The normalized spacial score (nSPS) is 10.8. The number of nitrogen functional groups attached to an aromatic ring is 1. The molecule has 0 amide bonds. The highest BCUT2D eigenvalue weighted by atomic mass is 32.1. The van der Waals surface area contributed by atoms with E-state index in [9.17, 15) is 4.39 Å². The fraction of sp³-hybridized carbons (Fsp3) is 0.0769. The number of anilines is 1. The molecule has 6 heteroatoms. The summed E-state index contributed by atoms with van der Waals surface area (Å²) in [5.41, 5.74) is 7.54. The van der Waals surface area contributed by atoms with Crippen LogP contribution in [0.5, 0.6) is 0 Å². The lowest BCUT2D eigenvalue weighted by Gasteiger charge is -1.97. The third-order valence-corrected chi connectivity index (χ3v) is 3.66. The monoisotopic (exact) mass is 275 g/mol. The Labute approximate surface area is 112 Å². The van der Waals surface area contributed by atoms with Crippen molar-refractivity contribution in [2.45, 2.75) is 6.92 Å². The molecule has 0 bridgehead atoms. The van der Waals surface area contributed by atoms with Gasteiger partial charge in [0.2, 0.25) is 5.82 Å². The molecule has 0 spiro atoms. The van der Waals surface area contributed by atoms with Crippen molar-refractivity contribution in [3.05, 3.63) is 41.0 Å². The van der Waals surface area contributed by atoms with Gasteiger partial charge < -0.3 is 10.3 Å². The average molecular weight is 275 g/mol. The van der Waals surface area contributed by atoms with Crippen LogP contribution < -0.4 is 5.73 Å². The fourth-order valence-electron chi connectivity index (χ4n) is 1.66. The highest BCUT2D eigenvalue weighted by Gasteiger charge is 2.14. The molecule has 96 valence electrons. The lowest BCUT2D eigenvalue weighted by atomic mass is 10.1. The smallest absolute Gasteiger partial charge is 0.270 e. The third-order valence-electron chi connectivity index (χ3n) is 2.75. The van der Waals surface area contributed by atoms with Gasteiger partial charge in [0.05, 0.1) is 5.69 Å². The molecule has 1 aromatic carbocycles. The SMILES string of the molecule is Cc1ccc(-c2noc(-c3sccc3N)n2)cc1F. The molecule has 0 aliphatic rings. The van der Waals surface area contributed by atoms with E-state index < -0.39 is 0 Å². The van der Waals surface area contributed by atoms with Crippen LogP contribution in [0.2, 0.25) is 0 Å². The summed E-state index contributed by atoms with van der Waals surface area (Å²) in [6, 6.07) is 6.60. The van der Waals surface area contributed by atoms with Crippen LogP contribution in [0.15, 0.2) is 34.2 Å². The molecule has 0 unspecified atom stereocenters. The zero-order valence-corrected chi connectivity index (χ0v) is 10.9. The molecular weight excluding hydrogens is 265 g/mol. The van der Waals surface area contributed by atoms with E-state index in [4.69, 9.17) is 10.3 Å². The van der Waals surface area contributed by atoms with Crippen LogP contribution in [0.3, 0.4) is 0 Å². The molecule has 0 aliphatic carbocycles. The standard InChI is InChI=1S/C13H10FN3OS/c1-7-2-3-8(6-9(7)14)12-16-13(18-17-12)11-10(15)4-5-19-11/h2-6H,15H2,1H3. The number of rotatable bonds is 2. The number of hydrogen-bond acceptors (Lipinski definition) is 5. The zero-order valence-electron chi connectivity index (χ0n) is 10.1. The summed E-state index contributed by atoms with van der Waals surface area (Å²) < 4.78 is 18.7. The van der Waals surface area contributed by atoms with E-state index in [1.54, 1.807) is 25.1 Å². The molecule has 0 radical (unpaired) electrons. The Kier molecular flexibility index (Phi) is 2.79. The lowest BCUT2D eigenvalue weighted by Crippen LogP contribution is -1.86. The van der Waals surface area contributed by atoms with Crippen LogP contribution in [-0.2, 0) is 0 Å². The van der Waals surface area contributed by atoms with Crippen molar-refractivity contribution in [2.75, 3.05) is 5.73 Å². The van der Waals surface area contributed by atoms with Crippen molar-refractivity contribution in [1.29, 1.82) is 0 Å². The molecule has 4 nitrogen and oxygen atoms in total. The van der Waals surface area contributed by atoms with E-state index in [2.05, 4.69) is 10.1 Å². The van der Waals surface area contributed by atoms with Crippen LogP contribution in [0.25, 0.3) is 22.2 Å². The van der Waals surface area contributed by atoms with Crippen LogP contribution in [0.4, 0.5) is 10.1 Å². The van der Waals surface area contributed by atoms with Gasteiger partial charge in [0, 0.05) is 5.56 Å². The Morgan fingerprint density at radius 1 is 1.32 bits per heavy atom. The molecule has 0 saturated heterocycles. The first kappa shape index (κ1) is 11.9. The van der Waals surface area contributed by atoms with Crippen LogP contribution >= 0.6 is 11.3 Å². The molecule has 3 aromatic rings. The first-order valence-electron chi connectivity index (χ1n) is 5.59. The molecule has 2 aromatic heterocycles. The summed E-state index contributed by atoms with van der Waals surface area (Å²) in [5.74, 6) is 0.407. The summed E-state index contributed by atoms with van der Waals surface area (Å²) in [6.07, 6.45) is 0. The van der Waals surface area contributed by atoms with E-state index in [0.717, 1.165) is 4.88 Å². The number of nitrogens with zero attached hydrogens (tertiary/aromatic N) is 2. The van der Waals surface area contributed by atoms with Crippen molar-refractivity contribution < 1.29 is 8.91 Å². The van der Waals surface area contributed by atoms with E-state index in [1.807, 2.05) is 5.38 Å². The molecule has 0 atom stereocenters. The van der Waals surface area contributed by atoms with E-state index in [-0.39, 0.29) is 5.82 Å². The fourth-order valence-corrected chi connectivity index (χ4v) is 2.40. The third kappa shape index (κ3) is 2.10. The first-order chi connectivity index (χ1) is 9.15. The highest BCUT2D eigenvalue weighted by Crippen LogP contribution is 2.31. The van der Waals surface area contributed by atoms with Gasteiger partial charge in [0.1, 0.15) is 10.7 Å². The molecule has 2 heterocycles. The van der Waals surface area contributed by atoms with Gasteiger partial charge >= 0.3 is 0 Å². The van der Waals surface area contributed by atoms with Gasteiger partial charge in [-0.25, -0.2) is 4.39 Å². The molecule has 3 rings (SSSR count). The van der Waals surface area contributed by atoms with Gasteiger partial charge in [0.25, 0.3) is 5.89 Å². The van der Waals surface area contributed by atoms with Gasteiger partial charge in [0.15, 0.2) is 0 Å². The summed E-state index contributed by atoms with van der Waals surface area (Å²) in [4.78, 5) is 4.97. The number of thiophene rings is 1. The van der Waals surface area contributed by atoms with Gasteiger partial charge in [-0.1, -0.05) is 17.3 Å². The van der Waals surface area contributed by atoms with E-state index in [1.165, 1.54) is 17.4 Å². The van der Waals surface area contributed by atoms with E-state index in [0.29, 0.717) is 28.5 Å². The largest absolute Gasteiger partial charge is 0.397 e. The van der Waals surface area contributed by atoms with Gasteiger partial charge in [-0.3, -0.25) is 0 Å². The predicted molar refractivity (Wildman–Crippen MR) is 72.2 cm³/mol. The number of aromatic nitrogens is 2. The quantitative estimate of drug-likeness (QED) is 0.777. The van der Waals surface area contributed by atoms with Crippen molar-refractivity contribution in [3.63, 3.8) is 0 Å². The first-order valence-corrected chi connectivity index (χ1v) is 6.46. The van der Waals surface area contributed by atoms with Gasteiger partial charge in [-0.05, 0) is 30.0 Å². The minimum Gasteiger partial charge on any atom is -0.397 e. The van der Waals surface area contributed by atoms with Gasteiger partial charge in [-0.2, -0.15) is 4.98 Å². The molecule has 0 fully saturated rings. The summed E-state index contributed by atoms with van der Waals surface area (Å²) in [6.45, 7) is 1.70.